The lowest BCUT2D eigenvalue weighted by Gasteiger charge is -2.17. The number of benzene rings is 1. The predicted octanol–water partition coefficient (Wildman–Crippen LogP) is -0.0131. The number of sulfonamides is 1. The lowest BCUT2D eigenvalue weighted by Crippen LogP contribution is -2.18. The summed E-state index contributed by atoms with van der Waals surface area (Å²) in [6.07, 6.45) is -0.553. The fourth-order valence-corrected chi connectivity index (χ4v) is 2.72. The standard InChI is InChI=1S/C11H15NO7S/c1-17-7-4-6(5-8(13)14)11(20(12,15)16)10(19-3)9(7)18-2/h4H,5H2,1-3H3,(H,13,14)(H2,12,15,16). The summed E-state index contributed by atoms with van der Waals surface area (Å²) in [5.41, 5.74) is -0.0468. The smallest absolute Gasteiger partial charge is 0.307 e. The Hall–Kier alpha value is -2.00. The Kier molecular flexibility index (Phi) is 4.79. The maximum absolute atomic E-state index is 11.7. The van der Waals surface area contributed by atoms with Gasteiger partial charge in [0.15, 0.2) is 11.5 Å². The summed E-state index contributed by atoms with van der Waals surface area (Å²) in [6.45, 7) is 0. The van der Waals surface area contributed by atoms with Gasteiger partial charge in [0.1, 0.15) is 4.90 Å². The maximum atomic E-state index is 11.7. The van der Waals surface area contributed by atoms with Crippen LogP contribution in [0, 0.1) is 0 Å². The van der Waals surface area contributed by atoms with E-state index in [2.05, 4.69) is 0 Å². The van der Waals surface area contributed by atoms with Crippen LogP contribution in [0.25, 0.3) is 0 Å². The lowest BCUT2D eigenvalue weighted by molar-refractivity contribution is -0.136. The van der Waals surface area contributed by atoms with Crippen molar-refractivity contribution < 1.29 is 32.5 Å². The van der Waals surface area contributed by atoms with Gasteiger partial charge in [0.25, 0.3) is 0 Å². The summed E-state index contributed by atoms with van der Waals surface area (Å²) < 4.78 is 38.5. The molecule has 0 aliphatic rings. The second-order valence-corrected chi connectivity index (χ2v) is 5.25. The zero-order chi connectivity index (χ0) is 15.5. The van der Waals surface area contributed by atoms with Crippen LogP contribution >= 0.6 is 0 Å². The fraction of sp³-hybridized carbons (Fsp3) is 0.364. The van der Waals surface area contributed by atoms with Gasteiger partial charge in [-0.3, -0.25) is 4.79 Å². The molecule has 1 aromatic rings. The predicted molar refractivity (Wildman–Crippen MR) is 68.8 cm³/mol. The number of aliphatic carboxylic acids is 1. The number of carboxylic acid groups (broad SMARTS) is 1. The molecule has 0 spiro atoms. The van der Waals surface area contributed by atoms with E-state index in [0.29, 0.717) is 0 Å². The van der Waals surface area contributed by atoms with Crippen molar-refractivity contribution in [2.75, 3.05) is 21.3 Å². The van der Waals surface area contributed by atoms with E-state index in [4.69, 9.17) is 24.5 Å². The van der Waals surface area contributed by atoms with Gasteiger partial charge in [0.05, 0.1) is 27.8 Å². The van der Waals surface area contributed by atoms with Crippen molar-refractivity contribution in [2.24, 2.45) is 5.14 Å². The van der Waals surface area contributed by atoms with E-state index >= 15 is 0 Å². The zero-order valence-corrected chi connectivity index (χ0v) is 12.0. The van der Waals surface area contributed by atoms with Gasteiger partial charge in [-0.1, -0.05) is 0 Å². The van der Waals surface area contributed by atoms with Gasteiger partial charge in [-0.25, -0.2) is 13.6 Å². The van der Waals surface area contributed by atoms with E-state index in [1.807, 2.05) is 0 Å². The average molecular weight is 305 g/mol. The highest BCUT2D eigenvalue weighted by Gasteiger charge is 2.28. The molecule has 1 aromatic carbocycles. The number of carboxylic acids is 1. The van der Waals surface area contributed by atoms with Crippen molar-refractivity contribution in [2.45, 2.75) is 11.3 Å². The topological polar surface area (TPSA) is 125 Å². The molecule has 0 fully saturated rings. The zero-order valence-electron chi connectivity index (χ0n) is 11.2. The molecule has 0 amide bonds. The van der Waals surface area contributed by atoms with Crippen LogP contribution in [0.15, 0.2) is 11.0 Å². The largest absolute Gasteiger partial charge is 0.493 e. The first-order valence-corrected chi connectivity index (χ1v) is 6.87. The fourth-order valence-electron chi connectivity index (χ4n) is 1.79. The number of carbonyl (C=O) groups is 1. The lowest BCUT2D eigenvalue weighted by atomic mass is 10.1. The minimum absolute atomic E-state index is 0.0214. The molecular weight excluding hydrogens is 290 g/mol. The molecule has 0 heterocycles. The molecule has 8 nitrogen and oxygen atoms in total. The maximum Gasteiger partial charge on any atom is 0.307 e. The summed E-state index contributed by atoms with van der Waals surface area (Å²) in [5.74, 6) is -1.24. The molecule has 0 aliphatic carbocycles. The minimum atomic E-state index is -4.20. The van der Waals surface area contributed by atoms with Gasteiger partial charge >= 0.3 is 5.97 Å². The highest BCUT2D eigenvalue weighted by atomic mass is 32.2. The monoisotopic (exact) mass is 305 g/mol. The van der Waals surface area contributed by atoms with Gasteiger partial charge in [0, 0.05) is 0 Å². The molecule has 112 valence electrons. The molecule has 0 aliphatic heterocycles. The summed E-state index contributed by atoms with van der Waals surface area (Å²) in [5, 5.41) is 14.0. The first kappa shape index (κ1) is 16.1. The number of rotatable bonds is 6. The summed E-state index contributed by atoms with van der Waals surface area (Å²) >= 11 is 0. The highest BCUT2D eigenvalue weighted by molar-refractivity contribution is 7.89. The van der Waals surface area contributed by atoms with Gasteiger partial charge in [-0.2, -0.15) is 0 Å². The van der Waals surface area contributed by atoms with E-state index < -0.39 is 27.3 Å². The van der Waals surface area contributed by atoms with Gasteiger partial charge in [-0.15, -0.1) is 0 Å². The first-order valence-electron chi connectivity index (χ1n) is 5.32. The van der Waals surface area contributed by atoms with Crippen LogP contribution in [-0.4, -0.2) is 40.8 Å². The molecular formula is C11H15NO7S. The van der Waals surface area contributed by atoms with Crippen molar-refractivity contribution in [1.82, 2.24) is 0 Å². The quantitative estimate of drug-likeness (QED) is 0.756. The molecule has 9 heteroatoms. The van der Waals surface area contributed by atoms with Crippen LogP contribution in [-0.2, 0) is 21.2 Å². The molecule has 0 radical (unpaired) electrons. The number of methoxy groups -OCH3 is 3. The average Bonchev–Trinajstić information content (AvgIpc) is 2.34. The molecule has 0 aromatic heterocycles. The number of nitrogens with two attached hydrogens (primary N) is 1. The van der Waals surface area contributed by atoms with E-state index in [1.54, 1.807) is 0 Å². The Morgan fingerprint density at radius 3 is 2.10 bits per heavy atom. The van der Waals surface area contributed by atoms with Crippen LogP contribution in [0.5, 0.6) is 17.2 Å². The molecule has 0 atom stereocenters. The first-order chi connectivity index (χ1) is 9.26. The van der Waals surface area contributed by atoms with Gasteiger partial charge in [0.2, 0.25) is 15.8 Å². The Morgan fingerprint density at radius 1 is 1.20 bits per heavy atom. The van der Waals surface area contributed by atoms with Crippen LogP contribution in [0.3, 0.4) is 0 Å². The molecule has 0 saturated carbocycles. The Morgan fingerprint density at radius 2 is 1.75 bits per heavy atom. The normalized spacial score (nSPS) is 11.0. The minimum Gasteiger partial charge on any atom is -0.493 e. The Labute approximate surface area is 116 Å². The van der Waals surface area contributed by atoms with Crippen LogP contribution in [0.4, 0.5) is 0 Å². The van der Waals surface area contributed by atoms with Crippen molar-refractivity contribution in [3.05, 3.63) is 11.6 Å². The van der Waals surface area contributed by atoms with E-state index in [9.17, 15) is 13.2 Å². The van der Waals surface area contributed by atoms with Crippen LogP contribution in [0.1, 0.15) is 5.56 Å². The second kappa shape index (κ2) is 5.97. The molecule has 3 N–H and O–H groups in total. The second-order valence-electron chi connectivity index (χ2n) is 3.75. The number of primary sulfonamides is 1. The van der Waals surface area contributed by atoms with Crippen LogP contribution in [0.2, 0.25) is 0 Å². The van der Waals surface area contributed by atoms with Crippen molar-refractivity contribution in [3.8, 4) is 17.2 Å². The van der Waals surface area contributed by atoms with Crippen LogP contribution < -0.4 is 19.3 Å². The SMILES string of the molecule is COc1cc(CC(=O)O)c(S(N)(=O)=O)c(OC)c1OC. The summed E-state index contributed by atoms with van der Waals surface area (Å²) in [4.78, 5) is 10.4. The Bertz CT molecular complexity index is 624. The van der Waals surface area contributed by atoms with Crippen molar-refractivity contribution >= 4 is 16.0 Å². The molecule has 1 rings (SSSR count). The third-order valence-corrected chi connectivity index (χ3v) is 3.50. The third-order valence-electron chi connectivity index (χ3n) is 2.49. The summed E-state index contributed by atoms with van der Waals surface area (Å²) in [7, 11) is -0.357. The van der Waals surface area contributed by atoms with E-state index in [0.717, 1.165) is 0 Å². The van der Waals surface area contributed by atoms with E-state index in [1.165, 1.54) is 27.4 Å². The molecule has 0 bridgehead atoms. The molecule has 0 saturated heterocycles. The number of ether oxygens (including phenoxy) is 3. The third kappa shape index (κ3) is 3.11. The van der Waals surface area contributed by atoms with Gasteiger partial charge < -0.3 is 19.3 Å². The highest BCUT2D eigenvalue weighted by Crippen LogP contribution is 2.43. The molecule has 20 heavy (non-hydrogen) atoms. The van der Waals surface area contributed by atoms with Crippen molar-refractivity contribution in [3.63, 3.8) is 0 Å². The molecule has 0 unspecified atom stereocenters. The number of hydrogen-bond donors (Lipinski definition) is 2. The summed E-state index contributed by atoms with van der Waals surface area (Å²) in [6, 6.07) is 1.25. The van der Waals surface area contributed by atoms with Crippen molar-refractivity contribution in [1.29, 1.82) is 0 Å². The van der Waals surface area contributed by atoms with Gasteiger partial charge in [-0.05, 0) is 11.6 Å². The van der Waals surface area contributed by atoms with E-state index in [-0.39, 0.29) is 22.8 Å². The number of hydrogen-bond acceptors (Lipinski definition) is 6. The Balaban J connectivity index is 3.78.